The average Bonchev–Trinajstić information content (AvgIpc) is 2.82. The van der Waals surface area contributed by atoms with Gasteiger partial charge in [-0.05, 0) is 92.6 Å². The summed E-state index contributed by atoms with van der Waals surface area (Å²) < 4.78 is 12.5. The van der Waals surface area contributed by atoms with Crippen LogP contribution in [0.5, 0.6) is 11.5 Å². The van der Waals surface area contributed by atoms with Crippen LogP contribution in [0, 0.1) is 26.2 Å². The lowest BCUT2D eigenvalue weighted by molar-refractivity contribution is -0.112. The third-order valence-corrected chi connectivity index (χ3v) is 5.94. The van der Waals surface area contributed by atoms with E-state index in [4.69, 9.17) is 9.47 Å². The Morgan fingerprint density at radius 2 is 1.88 bits per heavy atom. The van der Waals surface area contributed by atoms with E-state index >= 15 is 0 Å². The highest BCUT2D eigenvalue weighted by atomic mass is 127. The number of halogens is 2. The highest BCUT2D eigenvalue weighted by molar-refractivity contribution is 14.1. The Balaban J connectivity index is 1.77. The number of carbonyl (C=O) groups is 1. The minimum absolute atomic E-state index is 0.0369. The van der Waals surface area contributed by atoms with Gasteiger partial charge in [0.25, 0.3) is 5.91 Å². The number of rotatable bonds is 7. The molecule has 3 aromatic carbocycles. The van der Waals surface area contributed by atoms with Crippen LogP contribution in [0.3, 0.4) is 0 Å². The summed E-state index contributed by atoms with van der Waals surface area (Å²) in [5.74, 6) is 0.769. The summed E-state index contributed by atoms with van der Waals surface area (Å²) in [5.41, 5.74) is 2.53. The lowest BCUT2D eigenvalue weighted by Crippen LogP contribution is -2.13. The molecule has 0 aromatic heterocycles. The number of ether oxygens (including phenoxy) is 2. The van der Waals surface area contributed by atoms with E-state index in [1.54, 1.807) is 49.6 Å². The van der Waals surface area contributed by atoms with E-state index in [-0.39, 0.29) is 12.2 Å². The number of nitrogens with zero attached hydrogens (tertiary/aromatic N) is 2. The van der Waals surface area contributed by atoms with Gasteiger partial charge in [0, 0.05) is 11.3 Å². The molecule has 0 aliphatic heterocycles. The standard InChI is InChI=1S/C25H17BrIN3O3/c1-32-21-8-6-20(7-9-21)30-25(31)19(14-29)10-16-11-22(26)24(23(27)12-16)33-15-18-5-3-2-4-17(18)13-28/h2-12H,15H2,1H3,(H,30,31)/b19-10-. The van der Waals surface area contributed by atoms with Crippen molar-refractivity contribution in [3.63, 3.8) is 0 Å². The van der Waals surface area contributed by atoms with Gasteiger partial charge in [-0.2, -0.15) is 10.5 Å². The molecule has 3 aromatic rings. The predicted octanol–water partition coefficient (Wildman–Crippen LogP) is 6.06. The first-order chi connectivity index (χ1) is 15.9. The number of methoxy groups -OCH3 is 1. The molecule has 6 nitrogen and oxygen atoms in total. The fraction of sp³-hybridized carbons (Fsp3) is 0.0800. The minimum Gasteiger partial charge on any atom is -0.497 e. The Labute approximate surface area is 213 Å². The molecule has 0 unspecified atom stereocenters. The maximum absolute atomic E-state index is 12.6. The van der Waals surface area contributed by atoms with Crippen LogP contribution in [0.15, 0.2) is 70.7 Å². The van der Waals surface area contributed by atoms with E-state index in [1.807, 2.05) is 24.3 Å². The van der Waals surface area contributed by atoms with Crippen molar-refractivity contribution in [2.75, 3.05) is 12.4 Å². The fourth-order valence-corrected chi connectivity index (χ4v) is 4.66. The quantitative estimate of drug-likeness (QED) is 0.199. The van der Waals surface area contributed by atoms with Gasteiger partial charge < -0.3 is 14.8 Å². The molecule has 0 saturated heterocycles. The van der Waals surface area contributed by atoms with E-state index in [0.717, 1.165) is 9.13 Å². The van der Waals surface area contributed by atoms with E-state index in [0.29, 0.717) is 32.8 Å². The van der Waals surface area contributed by atoms with Crippen LogP contribution in [0.25, 0.3) is 6.08 Å². The maximum Gasteiger partial charge on any atom is 0.266 e. The SMILES string of the molecule is COc1ccc(NC(=O)/C(C#N)=C\c2cc(Br)c(OCc3ccccc3C#N)c(I)c2)cc1. The van der Waals surface area contributed by atoms with Crippen molar-refractivity contribution in [1.29, 1.82) is 10.5 Å². The van der Waals surface area contributed by atoms with Crippen LogP contribution >= 0.6 is 38.5 Å². The molecule has 0 saturated carbocycles. The van der Waals surface area contributed by atoms with Crippen molar-refractivity contribution in [1.82, 2.24) is 0 Å². The third-order valence-electron chi connectivity index (χ3n) is 4.55. The van der Waals surface area contributed by atoms with Gasteiger partial charge in [0.1, 0.15) is 29.7 Å². The second-order valence-corrected chi connectivity index (χ2v) is 8.74. The second kappa shape index (κ2) is 11.5. The molecule has 3 rings (SSSR count). The number of nitriles is 2. The Morgan fingerprint density at radius 3 is 2.52 bits per heavy atom. The number of hydrogen-bond acceptors (Lipinski definition) is 5. The summed E-state index contributed by atoms with van der Waals surface area (Å²) in [6.45, 7) is 0.237. The average molecular weight is 614 g/mol. The third kappa shape index (κ3) is 6.35. The largest absolute Gasteiger partial charge is 0.497 e. The number of anilines is 1. The zero-order valence-electron chi connectivity index (χ0n) is 17.4. The number of amides is 1. The zero-order valence-corrected chi connectivity index (χ0v) is 21.2. The van der Waals surface area contributed by atoms with Gasteiger partial charge in [0.05, 0.1) is 26.8 Å². The second-order valence-electron chi connectivity index (χ2n) is 6.72. The van der Waals surface area contributed by atoms with Crippen molar-refractivity contribution in [2.45, 2.75) is 6.61 Å². The van der Waals surface area contributed by atoms with Crippen molar-refractivity contribution < 1.29 is 14.3 Å². The molecular formula is C25H17BrIN3O3. The van der Waals surface area contributed by atoms with Gasteiger partial charge in [-0.3, -0.25) is 4.79 Å². The Bertz CT molecular complexity index is 1270. The maximum atomic E-state index is 12.6. The molecule has 0 aliphatic rings. The van der Waals surface area contributed by atoms with Crippen LogP contribution in [-0.4, -0.2) is 13.0 Å². The van der Waals surface area contributed by atoms with Crippen LogP contribution in [0.2, 0.25) is 0 Å². The summed E-state index contributed by atoms with van der Waals surface area (Å²) >= 11 is 5.63. The summed E-state index contributed by atoms with van der Waals surface area (Å²) in [6.07, 6.45) is 1.51. The number of carbonyl (C=O) groups excluding carboxylic acids is 1. The smallest absolute Gasteiger partial charge is 0.266 e. The molecule has 0 radical (unpaired) electrons. The molecule has 0 atom stereocenters. The Kier molecular flexibility index (Phi) is 8.47. The lowest BCUT2D eigenvalue weighted by atomic mass is 10.1. The van der Waals surface area contributed by atoms with E-state index in [9.17, 15) is 15.3 Å². The van der Waals surface area contributed by atoms with Crippen molar-refractivity contribution in [3.8, 4) is 23.6 Å². The molecule has 0 bridgehead atoms. The Hall–Kier alpha value is -3.34. The molecule has 1 amide bonds. The van der Waals surface area contributed by atoms with E-state index < -0.39 is 5.91 Å². The molecule has 8 heteroatoms. The van der Waals surface area contributed by atoms with Gasteiger partial charge in [0.15, 0.2) is 0 Å². The highest BCUT2D eigenvalue weighted by Crippen LogP contribution is 2.33. The van der Waals surface area contributed by atoms with Crippen LogP contribution in [-0.2, 0) is 11.4 Å². The van der Waals surface area contributed by atoms with Crippen molar-refractivity contribution >= 4 is 56.2 Å². The molecule has 1 N–H and O–H groups in total. The van der Waals surface area contributed by atoms with Gasteiger partial charge in [0.2, 0.25) is 0 Å². The minimum atomic E-state index is -0.512. The molecule has 0 spiro atoms. The van der Waals surface area contributed by atoms with Gasteiger partial charge in [-0.1, -0.05) is 18.2 Å². The van der Waals surface area contributed by atoms with E-state index in [1.165, 1.54) is 6.08 Å². The van der Waals surface area contributed by atoms with Crippen LogP contribution in [0.4, 0.5) is 5.69 Å². The van der Waals surface area contributed by atoms with Crippen molar-refractivity contribution in [2.24, 2.45) is 0 Å². The Morgan fingerprint density at radius 1 is 1.15 bits per heavy atom. The monoisotopic (exact) mass is 613 g/mol. The van der Waals surface area contributed by atoms with Gasteiger partial charge in [-0.25, -0.2) is 0 Å². The molecule has 164 valence electrons. The van der Waals surface area contributed by atoms with E-state index in [2.05, 4.69) is 49.9 Å². The molecule has 33 heavy (non-hydrogen) atoms. The normalized spacial score (nSPS) is 10.6. The summed E-state index contributed by atoms with van der Waals surface area (Å²) in [6, 6.07) is 21.8. The summed E-state index contributed by atoms with van der Waals surface area (Å²) in [4.78, 5) is 12.6. The molecular weight excluding hydrogens is 597 g/mol. The highest BCUT2D eigenvalue weighted by Gasteiger charge is 2.13. The summed E-state index contributed by atoms with van der Waals surface area (Å²) in [7, 11) is 1.56. The first-order valence-electron chi connectivity index (χ1n) is 9.62. The zero-order chi connectivity index (χ0) is 23.8. The predicted molar refractivity (Wildman–Crippen MR) is 138 cm³/mol. The molecule has 0 aliphatic carbocycles. The number of nitrogens with one attached hydrogen (secondary N) is 1. The van der Waals surface area contributed by atoms with Crippen LogP contribution in [0.1, 0.15) is 16.7 Å². The fourth-order valence-electron chi connectivity index (χ4n) is 2.89. The number of hydrogen-bond donors (Lipinski definition) is 1. The van der Waals surface area contributed by atoms with Crippen molar-refractivity contribution in [3.05, 3.63) is 91.0 Å². The first kappa shape index (κ1) is 24.3. The molecule has 0 fully saturated rings. The van der Waals surface area contributed by atoms with Gasteiger partial charge >= 0.3 is 0 Å². The lowest BCUT2D eigenvalue weighted by Gasteiger charge is -2.12. The first-order valence-corrected chi connectivity index (χ1v) is 11.5. The van der Waals surface area contributed by atoms with Crippen LogP contribution < -0.4 is 14.8 Å². The van der Waals surface area contributed by atoms with Gasteiger partial charge in [-0.15, -0.1) is 0 Å². The number of benzene rings is 3. The summed E-state index contributed by atoms with van der Waals surface area (Å²) in [5, 5.41) is 21.5. The topological polar surface area (TPSA) is 95.1 Å². The molecule has 0 heterocycles.